The zero-order valence-corrected chi connectivity index (χ0v) is 22.0. The molecule has 2 aromatic rings. The van der Waals surface area contributed by atoms with Crippen LogP contribution in [0.3, 0.4) is 0 Å². The van der Waals surface area contributed by atoms with E-state index in [9.17, 15) is 9.59 Å². The van der Waals surface area contributed by atoms with Gasteiger partial charge in [-0.05, 0) is 49.4 Å². The van der Waals surface area contributed by atoms with E-state index in [1.807, 2.05) is 37.2 Å². The largest absolute Gasteiger partial charge is 0.462 e. The Morgan fingerprint density at radius 2 is 1.65 bits per heavy atom. The molecule has 1 atom stereocenters. The van der Waals surface area contributed by atoms with Crippen LogP contribution in [-0.4, -0.2) is 77.8 Å². The van der Waals surface area contributed by atoms with E-state index in [1.54, 1.807) is 50.1 Å². The number of hydrogen-bond donors (Lipinski definition) is 0. The molecule has 0 N–H and O–H groups in total. The Bertz CT molecular complexity index is 1070. The Morgan fingerprint density at radius 1 is 1.03 bits per heavy atom. The number of anilines is 2. The smallest absolute Gasteiger partial charge is 0.338 e. The Morgan fingerprint density at radius 3 is 2.18 bits per heavy atom. The van der Waals surface area contributed by atoms with Crippen LogP contribution in [0.25, 0.3) is 0 Å². The maximum absolute atomic E-state index is 13.8. The minimum atomic E-state index is -2.76. The summed E-state index contributed by atoms with van der Waals surface area (Å²) in [5.74, 6) is -0.548. The van der Waals surface area contributed by atoms with Crippen LogP contribution in [0.4, 0.5) is 11.4 Å². The number of hydrogen-bond acceptors (Lipinski definition) is 7. The molecule has 1 aliphatic rings. The molecule has 0 saturated carbocycles. The number of nitrogens with zero attached hydrogens (tertiary/aromatic N) is 3. The van der Waals surface area contributed by atoms with E-state index in [-0.39, 0.29) is 5.91 Å². The molecule has 8 nitrogen and oxygen atoms in total. The predicted molar refractivity (Wildman–Crippen MR) is 139 cm³/mol. The van der Waals surface area contributed by atoms with Gasteiger partial charge in [0.15, 0.2) is 0 Å². The first-order chi connectivity index (χ1) is 16.3. The van der Waals surface area contributed by atoms with Gasteiger partial charge in [-0.3, -0.25) is 14.1 Å². The summed E-state index contributed by atoms with van der Waals surface area (Å²) in [7, 11) is 7.16. The second kappa shape index (κ2) is 11.4. The van der Waals surface area contributed by atoms with E-state index in [0.29, 0.717) is 49.7 Å². The fraction of sp³-hybridized carbons (Fsp3) is 0.417. The molecule has 0 radical (unpaired) electrons. The maximum Gasteiger partial charge on any atom is 0.338 e. The summed E-state index contributed by atoms with van der Waals surface area (Å²) < 4.78 is 19.7. The highest BCUT2D eigenvalue weighted by molar-refractivity contribution is 8.18. The van der Waals surface area contributed by atoms with Gasteiger partial charge in [0, 0.05) is 52.4 Å². The van der Waals surface area contributed by atoms with Crippen molar-refractivity contribution in [2.45, 2.75) is 6.92 Å². The Hall–Kier alpha value is -2.29. The molecule has 0 saturated heterocycles. The molecule has 0 bridgehead atoms. The summed E-state index contributed by atoms with van der Waals surface area (Å²) in [6, 6.07) is 12.7. The second-order valence-corrected chi connectivity index (χ2v) is 12.0. The van der Waals surface area contributed by atoms with Gasteiger partial charge in [0.25, 0.3) is 5.91 Å². The summed E-state index contributed by atoms with van der Waals surface area (Å²) in [6.45, 7) is 4.10. The number of benzene rings is 2. The Labute approximate surface area is 206 Å². The summed E-state index contributed by atoms with van der Waals surface area (Å²) in [5.41, 5.74) is 2.59. The van der Waals surface area contributed by atoms with E-state index in [1.165, 1.54) is 0 Å². The summed E-state index contributed by atoms with van der Waals surface area (Å²) in [6.07, 6.45) is -2.76. The molecule has 1 heterocycles. The lowest BCUT2D eigenvalue weighted by Gasteiger charge is -2.38. The number of ether oxygens (including phenoxy) is 3. The summed E-state index contributed by atoms with van der Waals surface area (Å²) in [4.78, 5) is 27.9. The first-order valence-corrected chi connectivity index (χ1v) is 13.8. The van der Waals surface area contributed by atoms with Crippen molar-refractivity contribution in [3.63, 3.8) is 0 Å². The third-order valence-corrected chi connectivity index (χ3v) is 10.5. The molecule has 1 amide bonds. The van der Waals surface area contributed by atoms with Gasteiger partial charge < -0.3 is 19.1 Å². The minimum absolute atomic E-state index is 0.147. The number of amides is 1. The summed E-state index contributed by atoms with van der Waals surface area (Å²) in [5, 5.41) is 0.847. The van der Waals surface area contributed by atoms with E-state index in [0.717, 1.165) is 11.0 Å². The molecule has 34 heavy (non-hydrogen) atoms. The molecule has 2 aromatic carbocycles. The summed E-state index contributed by atoms with van der Waals surface area (Å²) >= 11 is 6.41. The number of rotatable bonds is 11. The second-order valence-electron chi connectivity index (χ2n) is 7.96. The highest BCUT2D eigenvalue weighted by Crippen LogP contribution is 2.59. The average Bonchev–Trinajstić information content (AvgIpc) is 3.06. The topological polar surface area (TPSA) is 71.6 Å². The molecule has 0 aromatic heterocycles. The lowest BCUT2D eigenvalue weighted by molar-refractivity contribution is 0.0526. The van der Waals surface area contributed by atoms with Crippen molar-refractivity contribution in [1.82, 2.24) is 4.67 Å². The third kappa shape index (κ3) is 5.04. The maximum atomic E-state index is 13.8. The fourth-order valence-corrected chi connectivity index (χ4v) is 8.35. The molecule has 0 spiro atoms. The number of methoxy groups -OCH3 is 2. The molecule has 10 heteroatoms. The number of fused-ring (bicyclic) bond motifs is 1. The monoisotopic (exact) mass is 505 g/mol. The molecule has 184 valence electrons. The third-order valence-electron chi connectivity index (χ3n) is 5.62. The molecule has 1 aliphatic heterocycles. The van der Waals surface area contributed by atoms with Gasteiger partial charge >= 0.3 is 5.97 Å². The molecule has 0 unspecified atom stereocenters. The lowest BCUT2D eigenvalue weighted by Crippen LogP contribution is -2.37. The van der Waals surface area contributed by atoms with E-state index in [4.69, 9.17) is 26.0 Å². The van der Waals surface area contributed by atoms with Crippen LogP contribution < -0.4 is 14.9 Å². The molecular formula is C24H32N3O5PS. The average molecular weight is 506 g/mol. The van der Waals surface area contributed by atoms with Crippen molar-refractivity contribution < 1.29 is 23.8 Å². The van der Waals surface area contributed by atoms with Crippen LogP contribution in [-0.2, 0) is 26.0 Å². The normalized spacial score (nSPS) is 17.2. The Kier molecular flexibility index (Phi) is 8.84. The van der Waals surface area contributed by atoms with E-state index >= 15 is 0 Å². The van der Waals surface area contributed by atoms with Gasteiger partial charge in [-0.1, -0.05) is 11.8 Å². The molecule has 3 rings (SSSR count). The van der Waals surface area contributed by atoms with Crippen molar-refractivity contribution in [2.24, 2.45) is 0 Å². The number of carbonyl (C=O) groups excluding carboxylic acids is 2. The van der Waals surface area contributed by atoms with Crippen molar-refractivity contribution in [1.29, 1.82) is 0 Å². The highest BCUT2D eigenvalue weighted by atomic mass is 32.4. The van der Waals surface area contributed by atoms with E-state index in [2.05, 4.69) is 4.67 Å². The van der Waals surface area contributed by atoms with Crippen molar-refractivity contribution in [3.05, 3.63) is 53.6 Å². The van der Waals surface area contributed by atoms with Gasteiger partial charge in [0.05, 0.1) is 36.6 Å². The fourth-order valence-electron chi connectivity index (χ4n) is 3.85. The number of carbonyl (C=O) groups is 2. The molecule has 0 aliphatic carbocycles. The zero-order valence-electron chi connectivity index (χ0n) is 20.3. The van der Waals surface area contributed by atoms with Gasteiger partial charge in [-0.15, -0.1) is 0 Å². The van der Waals surface area contributed by atoms with Gasteiger partial charge in [-0.2, -0.15) is 0 Å². The van der Waals surface area contributed by atoms with Crippen LogP contribution in [0.1, 0.15) is 27.6 Å². The SMILES string of the molecule is CCOC(=O)c1ccc(N2C(=O)c3cc(N(C)C)ccc3[P@@]2(=S)N(CCOC)CCOC)cc1. The van der Waals surface area contributed by atoms with Crippen LogP contribution in [0.15, 0.2) is 42.5 Å². The standard InChI is InChI=1S/C24H32N3O5PS/c1-6-32-24(29)18-7-9-19(10-8-18)27-23(28)21-17-20(25(2)3)11-12-22(21)33(27,34)26(13-15-30-4)14-16-31-5/h7-12,17H,6,13-16H2,1-5H3/t33-/m1/s1. The van der Waals surface area contributed by atoms with Crippen LogP contribution in [0.2, 0.25) is 0 Å². The van der Waals surface area contributed by atoms with Crippen LogP contribution in [0, 0.1) is 0 Å². The van der Waals surface area contributed by atoms with Crippen molar-refractivity contribution in [2.75, 3.05) is 70.8 Å². The lowest BCUT2D eigenvalue weighted by atomic mass is 10.1. The van der Waals surface area contributed by atoms with Gasteiger partial charge in [0.2, 0.25) is 0 Å². The quantitative estimate of drug-likeness (QED) is 0.341. The first kappa shape index (κ1) is 26.3. The Balaban J connectivity index is 2.14. The van der Waals surface area contributed by atoms with Crippen LogP contribution >= 0.6 is 6.34 Å². The first-order valence-electron chi connectivity index (χ1n) is 11.1. The molecular weight excluding hydrogens is 473 g/mol. The van der Waals surface area contributed by atoms with Crippen molar-refractivity contribution >= 4 is 46.7 Å². The highest BCUT2D eigenvalue weighted by Gasteiger charge is 2.47. The van der Waals surface area contributed by atoms with Crippen LogP contribution in [0.5, 0.6) is 0 Å². The predicted octanol–water partition coefficient (Wildman–Crippen LogP) is 3.12. The molecule has 0 fully saturated rings. The van der Waals surface area contributed by atoms with Gasteiger partial charge in [-0.25, -0.2) is 4.79 Å². The minimum Gasteiger partial charge on any atom is -0.462 e. The van der Waals surface area contributed by atoms with Gasteiger partial charge in [0.1, 0.15) is 6.34 Å². The van der Waals surface area contributed by atoms with Crippen molar-refractivity contribution in [3.8, 4) is 0 Å². The number of esters is 1. The van der Waals surface area contributed by atoms with E-state index < -0.39 is 12.3 Å². The zero-order chi connectivity index (χ0) is 24.9.